The fraction of sp³-hybridized carbons (Fsp3) is 0.526. The molecule has 3 aliphatic rings. The number of fused-ring (bicyclic) bond motifs is 3. The number of likely N-dealkylation sites (N-methyl/N-ethyl adjacent to an activating group) is 1. The van der Waals surface area contributed by atoms with Gasteiger partial charge in [-0.25, -0.2) is 4.98 Å². The SMILES string of the molecule is CN1CCc2[nH]cnc2C12CCN(Cc1cc3c(cc1Cl)OCO3)CC2. The Morgan fingerprint density at radius 3 is 2.77 bits per heavy atom. The van der Waals surface area contributed by atoms with E-state index in [1.54, 1.807) is 0 Å². The quantitative estimate of drug-likeness (QED) is 0.876. The van der Waals surface area contributed by atoms with Crippen LogP contribution in [-0.2, 0) is 18.5 Å². The Balaban J connectivity index is 1.33. The molecule has 3 aliphatic heterocycles. The van der Waals surface area contributed by atoms with Crippen molar-refractivity contribution in [1.29, 1.82) is 0 Å². The number of imidazole rings is 1. The van der Waals surface area contributed by atoms with E-state index < -0.39 is 0 Å². The smallest absolute Gasteiger partial charge is 0.231 e. The fourth-order valence-electron chi connectivity index (χ4n) is 4.61. The van der Waals surface area contributed by atoms with Gasteiger partial charge < -0.3 is 14.5 Å². The van der Waals surface area contributed by atoms with Crippen LogP contribution in [0.15, 0.2) is 18.5 Å². The van der Waals surface area contributed by atoms with E-state index in [-0.39, 0.29) is 12.3 Å². The van der Waals surface area contributed by atoms with Gasteiger partial charge in [-0.1, -0.05) is 11.6 Å². The second-order valence-electron chi connectivity index (χ2n) is 7.51. The molecule has 26 heavy (non-hydrogen) atoms. The summed E-state index contributed by atoms with van der Waals surface area (Å²) < 4.78 is 10.9. The summed E-state index contributed by atoms with van der Waals surface area (Å²) in [6.45, 7) is 4.26. The predicted octanol–water partition coefficient (Wildman–Crippen LogP) is 2.77. The zero-order valence-corrected chi connectivity index (χ0v) is 15.7. The van der Waals surface area contributed by atoms with Crippen LogP contribution >= 0.6 is 11.6 Å². The van der Waals surface area contributed by atoms with E-state index in [9.17, 15) is 0 Å². The van der Waals surface area contributed by atoms with Crippen molar-refractivity contribution in [2.75, 3.05) is 33.5 Å². The van der Waals surface area contributed by atoms with Crippen molar-refractivity contribution in [2.45, 2.75) is 31.3 Å². The normalized spacial score (nSPS) is 21.9. The predicted molar refractivity (Wildman–Crippen MR) is 98.7 cm³/mol. The van der Waals surface area contributed by atoms with Gasteiger partial charge in [0.1, 0.15) is 0 Å². The number of hydrogen-bond acceptors (Lipinski definition) is 5. The molecule has 0 atom stereocenters. The van der Waals surface area contributed by atoms with Crippen LogP contribution in [0.25, 0.3) is 0 Å². The van der Waals surface area contributed by atoms with Crippen molar-refractivity contribution in [2.24, 2.45) is 0 Å². The fourth-order valence-corrected chi connectivity index (χ4v) is 4.82. The standard InChI is InChI=1S/C19H23ClN4O2/c1-23-5-2-15-18(22-11-21-15)19(23)3-6-24(7-4-19)10-13-8-16-17(9-14(13)20)26-12-25-16/h8-9,11H,2-7,10,12H2,1H3,(H,21,22). The van der Waals surface area contributed by atoms with Crippen molar-refractivity contribution in [3.8, 4) is 11.5 Å². The molecule has 0 radical (unpaired) electrons. The highest BCUT2D eigenvalue weighted by atomic mass is 35.5. The third kappa shape index (κ3) is 2.51. The average molecular weight is 375 g/mol. The molecule has 0 aliphatic carbocycles. The number of nitrogens with zero attached hydrogens (tertiary/aromatic N) is 3. The van der Waals surface area contributed by atoms with Gasteiger partial charge in [-0.15, -0.1) is 0 Å². The summed E-state index contributed by atoms with van der Waals surface area (Å²) in [6, 6.07) is 3.89. The van der Waals surface area contributed by atoms with E-state index in [1.807, 2.05) is 18.5 Å². The number of aromatic nitrogens is 2. The molecule has 1 fully saturated rings. The van der Waals surface area contributed by atoms with Gasteiger partial charge in [-0.05, 0) is 31.5 Å². The largest absolute Gasteiger partial charge is 0.454 e. The molecule has 2 aromatic rings. The average Bonchev–Trinajstić information content (AvgIpc) is 3.29. The van der Waals surface area contributed by atoms with Gasteiger partial charge in [0.25, 0.3) is 0 Å². The zero-order valence-electron chi connectivity index (χ0n) is 14.9. The molecule has 0 bridgehead atoms. The number of H-pyrrole nitrogens is 1. The number of halogens is 1. The molecule has 4 heterocycles. The molecule has 138 valence electrons. The van der Waals surface area contributed by atoms with Crippen LogP contribution in [0.5, 0.6) is 11.5 Å². The summed E-state index contributed by atoms with van der Waals surface area (Å²) >= 11 is 6.46. The van der Waals surface area contributed by atoms with Gasteiger partial charge in [0.15, 0.2) is 11.5 Å². The highest BCUT2D eigenvalue weighted by Gasteiger charge is 2.44. The summed E-state index contributed by atoms with van der Waals surface area (Å²) in [4.78, 5) is 13.0. The summed E-state index contributed by atoms with van der Waals surface area (Å²) in [5, 5.41) is 0.749. The lowest BCUT2D eigenvalue weighted by molar-refractivity contribution is 0.0221. The van der Waals surface area contributed by atoms with Crippen molar-refractivity contribution in [1.82, 2.24) is 19.8 Å². The molecule has 6 nitrogen and oxygen atoms in total. The van der Waals surface area contributed by atoms with Gasteiger partial charge in [0.2, 0.25) is 6.79 Å². The molecule has 5 rings (SSSR count). The second kappa shape index (κ2) is 6.15. The van der Waals surface area contributed by atoms with Gasteiger partial charge in [0, 0.05) is 49.4 Å². The van der Waals surface area contributed by atoms with Crippen LogP contribution in [0, 0.1) is 0 Å². The minimum atomic E-state index is 0.0722. The van der Waals surface area contributed by atoms with Crippen LogP contribution in [0.4, 0.5) is 0 Å². The zero-order chi connectivity index (χ0) is 17.7. The Labute approximate surface area is 158 Å². The topological polar surface area (TPSA) is 53.6 Å². The van der Waals surface area contributed by atoms with Crippen molar-refractivity contribution < 1.29 is 9.47 Å². The van der Waals surface area contributed by atoms with E-state index >= 15 is 0 Å². The Hall–Kier alpha value is -1.76. The van der Waals surface area contributed by atoms with Crippen LogP contribution in [0.3, 0.4) is 0 Å². The van der Waals surface area contributed by atoms with E-state index in [2.05, 4.69) is 26.8 Å². The number of ether oxygens (including phenoxy) is 2. The van der Waals surface area contributed by atoms with E-state index in [0.29, 0.717) is 0 Å². The molecule has 7 heteroatoms. The molecule has 1 N–H and O–H groups in total. The van der Waals surface area contributed by atoms with Gasteiger partial charge in [-0.2, -0.15) is 0 Å². The number of aromatic amines is 1. The highest BCUT2D eigenvalue weighted by Crippen LogP contribution is 2.42. The Morgan fingerprint density at radius 1 is 1.19 bits per heavy atom. The van der Waals surface area contributed by atoms with Gasteiger partial charge >= 0.3 is 0 Å². The molecule has 1 aromatic heterocycles. The number of rotatable bonds is 2. The molecular formula is C19H23ClN4O2. The third-order valence-electron chi connectivity index (χ3n) is 6.21. The minimum Gasteiger partial charge on any atom is -0.454 e. The van der Waals surface area contributed by atoms with Crippen LogP contribution in [-0.4, -0.2) is 53.2 Å². The van der Waals surface area contributed by atoms with E-state index in [4.69, 9.17) is 21.1 Å². The summed E-state index contributed by atoms with van der Waals surface area (Å²) in [5.74, 6) is 1.54. The van der Waals surface area contributed by atoms with E-state index in [1.165, 1.54) is 11.4 Å². The lowest BCUT2D eigenvalue weighted by Gasteiger charge is -2.49. The van der Waals surface area contributed by atoms with Crippen molar-refractivity contribution in [3.63, 3.8) is 0 Å². The van der Waals surface area contributed by atoms with Crippen molar-refractivity contribution in [3.05, 3.63) is 40.4 Å². The molecule has 0 unspecified atom stereocenters. The molecule has 0 amide bonds. The third-order valence-corrected chi connectivity index (χ3v) is 6.56. The first kappa shape index (κ1) is 16.4. The first-order valence-electron chi connectivity index (χ1n) is 9.20. The maximum Gasteiger partial charge on any atom is 0.231 e. The lowest BCUT2D eigenvalue weighted by Crippen LogP contribution is -2.54. The van der Waals surface area contributed by atoms with E-state index in [0.717, 1.165) is 67.5 Å². The molecular weight excluding hydrogens is 352 g/mol. The van der Waals surface area contributed by atoms with Crippen LogP contribution < -0.4 is 9.47 Å². The molecule has 0 saturated carbocycles. The number of likely N-dealkylation sites (tertiary alicyclic amines) is 1. The summed E-state index contributed by atoms with van der Waals surface area (Å²) in [5.41, 5.74) is 3.75. The molecule has 1 spiro atoms. The number of nitrogens with one attached hydrogen (secondary N) is 1. The maximum atomic E-state index is 6.46. The molecule has 1 aromatic carbocycles. The second-order valence-corrected chi connectivity index (χ2v) is 7.91. The number of hydrogen-bond donors (Lipinski definition) is 1. The van der Waals surface area contributed by atoms with Gasteiger partial charge in [-0.3, -0.25) is 9.80 Å². The lowest BCUT2D eigenvalue weighted by atomic mass is 9.79. The van der Waals surface area contributed by atoms with Gasteiger partial charge in [0.05, 0.1) is 17.6 Å². The maximum absolute atomic E-state index is 6.46. The Bertz CT molecular complexity index is 829. The van der Waals surface area contributed by atoms with Crippen molar-refractivity contribution >= 4 is 11.6 Å². The summed E-state index contributed by atoms with van der Waals surface area (Å²) in [7, 11) is 2.24. The first-order chi connectivity index (χ1) is 12.7. The first-order valence-corrected chi connectivity index (χ1v) is 9.58. The monoisotopic (exact) mass is 374 g/mol. The number of piperidine rings is 1. The molecule has 1 saturated heterocycles. The Morgan fingerprint density at radius 2 is 1.96 bits per heavy atom. The Kier molecular flexibility index (Phi) is 3.88. The summed E-state index contributed by atoms with van der Waals surface area (Å²) in [6.07, 6.45) is 5.08. The van der Waals surface area contributed by atoms with Crippen LogP contribution in [0.2, 0.25) is 5.02 Å². The number of benzene rings is 1. The van der Waals surface area contributed by atoms with Crippen LogP contribution in [0.1, 0.15) is 29.8 Å². The highest BCUT2D eigenvalue weighted by molar-refractivity contribution is 6.31. The minimum absolute atomic E-state index is 0.0722.